The molecule has 0 saturated carbocycles. The van der Waals surface area contributed by atoms with Gasteiger partial charge in [-0.3, -0.25) is 0 Å². The molecule has 0 aliphatic heterocycles. The van der Waals surface area contributed by atoms with Crippen molar-refractivity contribution in [2.45, 2.75) is 13.0 Å². The van der Waals surface area contributed by atoms with Crippen LogP contribution in [0.3, 0.4) is 0 Å². The Bertz CT molecular complexity index is 502. The molecular formula is C12H11F2N3. The van der Waals surface area contributed by atoms with Crippen molar-refractivity contribution in [3.8, 4) is 0 Å². The van der Waals surface area contributed by atoms with Crippen LogP contribution >= 0.6 is 0 Å². The fourth-order valence-corrected chi connectivity index (χ4v) is 1.55. The molecule has 17 heavy (non-hydrogen) atoms. The Labute approximate surface area is 97.5 Å². The van der Waals surface area contributed by atoms with Crippen molar-refractivity contribution in [1.29, 1.82) is 0 Å². The highest BCUT2D eigenvalue weighted by molar-refractivity contribution is 5.40. The van der Waals surface area contributed by atoms with Gasteiger partial charge in [0.2, 0.25) is 0 Å². The molecule has 1 unspecified atom stereocenters. The van der Waals surface area contributed by atoms with Crippen molar-refractivity contribution >= 4 is 5.69 Å². The van der Waals surface area contributed by atoms with E-state index < -0.39 is 11.6 Å². The minimum Gasteiger partial charge on any atom is -0.376 e. The van der Waals surface area contributed by atoms with Gasteiger partial charge in [-0.15, -0.1) is 0 Å². The molecule has 0 aliphatic rings. The van der Waals surface area contributed by atoms with E-state index in [4.69, 9.17) is 0 Å². The fourth-order valence-electron chi connectivity index (χ4n) is 1.55. The zero-order valence-corrected chi connectivity index (χ0v) is 9.19. The molecule has 5 heteroatoms. The number of rotatable bonds is 3. The van der Waals surface area contributed by atoms with E-state index in [1.165, 1.54) is 18.5 Å². The summed E-state index contributed by atoms with van der Waals surface area (Å²) in [5.74, 6) is -1.15. The first-order valence-electron chi connectivity index (χ1n) is 5.13. The molecule has 0 fully saturated rings. The monoisotopic (exact) mass is 235 g/mol. The van der Waals surface area contributed by atoms with Gasteiger partial charge in [-0.25, -0.2) is 18.7 Å². The highest BCUT2D eigenvalue weighted by Gasteiger charge is 2.11. The Morgan fingerprint density at radius 2 is 1.88 bits per heavy atom. The van der Waals surface area contributed by atoms with Gasteiger partial charge in [0, 0.05) is 11.6 Å². The van der Waals surface area contributed by atoms with E-state index in [0.717, 1.165) is 6.07 Å². The van der Waals surface area contributed by atoms with Crippen LogP contribution in [0.5, 0.6) is 0 Å². The van der Waals surface area contributed by atoms with Crippen LogP contribution in [0, 0.1) is 11.6 Å². The summed E-state index contributed by atoms with van der Waals surface area (Å²) >= 11 is 0. The molecule has 2 rings (SSSR count). The quantitative estimate of drug-likeness (QED) is 0.888. The Kier molecular flexibility index (Phi) is 3.27. The van der Waals surface area contributed by atoms with Crippen molar-refractivity contribution in [2.24, 2.45) is 0 Å². The van der Waals surface area contributed by atoms with E-state index >= 15 is 0 Å². The molecule has 2 aromatic rings. The van der Waals surface area contributed by atoms with Crippen LogP contribution in [0.1, 0.15) is 18.5 Å². The summed E-state index contributed by atoms with van der Waals surface area (Å²) in [7, 11) is 0. The van der Waals surface area contributed by atoms with E-state index in [2.05, 4.69) is 15.3 Å². The molecule has 0 bridgehead atoms. The van der Waals surface area contributed by atoms with Crippen LogP contribution in [0.15, 0.2) is 36.9 Å². The summed E-state index contributed by atoms with van der Waals surface area (Å²) in [5.41, 5.74) is 1.08. The molecule has 3 nitrogen and oxygen atoms in total. The normalized spacial score (nSPS) is 12.2. The fraction of sp³-hybridized carbons (Fsp3) is 0.167. The molecule has 0 radical (unpaired) electrons. The van der Waals surface area contributed by atoms with Crippen LogP contribution in [0.4, 0.5) is 14.5 Å². The van der Waals surface area contributed by atoms with Crippen molar-refractivity contribution in [2.75, 3.05) is 5.32 Å². The molecule has 0 saturated heterocycles. The summed E-state index contributed by atoms with van der Waals surface area (Å²) < 4.78 is 26.2. The average molecular weight is 235 g/mol. The summed E-state index contributed by atoms with van der Waals surface area (Å²) in [6.07, 6.45) is 4.59. The third kappa shape index (κ3) is 2.75. The first-order chi connectivity index (χ1) is 8.16. The lowest BCUT2D eigenvalue weighted by atomic mass is 10.1. The van der Waals surface area contributed by atoms with Crippen LogP contribution in [0.25, 0.3) is 0 Å². The van der Waals surface area contributed by atoms with Crippen molar-refractivity contribution < 1.29 is 8.78 Å². The third-order valence-electron chi connectivity index (χ3n) is 2.37. The number of halogens is 2. The van der Waals surface area contributed by atoms with E-state index in [0.29, 0.717) is 11.3 Å². The number of nitrogens with one attached hydrogen (secondary N) is 1. The Balaban J connectivity index is 2.17. The van der Waals surface area contributed by atoms with Gasteiger partial charge >= 0.3 is 0 Å². The molecule has 0 aliphatic carbocycles. The first-order valence-corrected chi connectivity index (χ1v) is 5.13. The van der Waals surface area contributed by atoms with Gasteiger partial charge in [0.05, 0.1) is 24.1 Å². The maximum Gasteiger partial charge on any atom is 0.131 e. The van der Waals surface area contributed by atoms with Gasteiger partial charge in [0.15, 0.2) is 0 Å². The first kappa shape index (κ1) is 11.4. The molecule has 0 amide bonds. The van der Waals surface area contributed by atoms with Gasteiger partial charge in [0.25, 0.3) is 0 Å². The molecule has 1 aromatic carbocycles. The second-order valence-electron chi connectivity index (χ2n) is 3.66. The maximum absolute atomic E-state index is 13.5. The second-order valence-corrected chi connectivity index (χ2v) is 3.66. The van der Waals surface area contributed by atoms with Gasteiger partial charge in [-0.1, -0.05) is 6.07 Å². The SMILES string of the molecule is CC(Nc1cncnc1)c1ccc(F)cc1F. The summed E-state index contributed by atoms with van der Waals surface area (Å²) in [5, 5.41) is 3.03. The molecular weight excluding hydrogens is 224 g/mol. The van der Waals surface area contributed by atoms with Crippen LogP contribution in [-0.2, 0) is 0 Å². The largest absolute Gasteiger partial charge is 0.376 e. The highest BCUT2D eigenvalue weighted by Crippen LogP contribution is 2.21. The minimum atomic E-state index is -0.582. The predicted octanol–water partition coefficient (Wildman–Crippen LogP) is 2.93. The number of hydrogen-bond donors (Lipinski definition) is 1. The number of aromatic nitrogens is 2. The summed E-state index contributed by atoms with van der Waals surface area (Å²) in [6, 6.07) is 3.24. The lowest BCUT2D eigenvalue weighted by Gasteiger charge is -2.15. The number of nitrogens with zero attached hydrogens (tertiary/aromatic N) is 2. The van der Waals surface area contributed by atoms with Crippen LogP contribution in [0.2, 0.25) is 0 Å². The Morgan fingerprint density at radius 3 is 2.53 bits per heavy atom. The number of anilines is 1. The predicted molar refractivity (Wildman–Crippen MR) is 60.4 cm³/mol. The number of hydrogen-bond acceptors (Lipinski definition) is 3. The standard InChI is InChI=1S/C12H11F2N3/c1-8(17-10-5-15-7-16-6-10)11-3-2-9(13)4-12(11)14/h2-8,17H,1H3. The Hall–Kier alpha value is -2.04. The lowest BCUT2D eigenvalue weighted by molar-refractivity contribution is 0.566. The zero-order valence-electron chi connectivity index (χ0n) is 9.19. The van der Waals surface area contributed by atoms with Crippen molar-refractivity contribution in [1.82, 2.24) is 9.97 Å². The smallest absolute Gasteiger partial charge is 0.131 e. The summed E-state index contributed by atoms with van der Waals surface area (Å²) in [4.78, 5) is 7.68. The topological polar surface area (TPSA) is 37.8 Å². The van der Waals surface area contributed by atoms with E-state index in [1.54, 1.807) is 19.3 Å². The zero-order chi connectivity index (χ0) is 12.3. The average Bonchev–Trinajstić information content (AvgIpc) is 2.30. The lowest BCUT2D eigenvalue weighted by Crippen LogP contribution is -2.09. The Morgan fingerprint density at radius 1 is 1.18 bits per heavy atom. The van der Waals surface area contributed by atoms with E-state index in [1.807, 2.05) is 0 Å². The van der Waals surface area contributed by atoms with Crippen molar-refractivity contribution in [3.63, 3.8) is 0 Å². The summed E-state index contributed by atoms with van der Waals surface area (Å²) in [6.45, 7) is 1.78. The van der Waals surface area contributed by atoms with Gasteiger partial charge in [-0.05, 0) is 13.0 Å². The van der Waals surface area contributed by atoms with E-state index in [9.17, 15) is 8.78 Å². The maximum atomic E-state index is 13.5. The molecule has 1 N–H and O–H groups in total. The van der Waals surface area contributed by atoms with E-state index in [-0.39, 0.29) is 6.04 Å². The number of benzene rings is 1. The van der Waals surface area contributed by atoms with Crippen LogP contribution in [-0.4, -0.2) is 9.97 Å². The second kappa shape index (κ2) is 4.86. The molecule has 88 valence electrons. The molecule has 0 spiro atoms. The minimum absolute atomic E-state index is 0.290. The van der Waals surface area contributed by atoms with Crippen molar-refractivity contribution in [3.05, 3.63) is 54.1 Å². The highest BCUT2D eigenvalue weighted by atomic mass is 19.1. The van der Waals surface area contributed by atoms with Gasteiger partial charge in [-0.2, -0.15) is 0 Å². The third-order valence-corrected chi connectivity index (χ3v) is 2.37. The molecule has 1 aromatic heterocycles. The molecule has 1 heterocycles. The van der Waals surface area contributed by atoms with Gasteiger partial charge in [0.1, 0.15) is 18.0 Å². The van der Waals surface area contributed by atoms with Crippen LogP contribution < -0.4 is 5.32 Å². The van der Waals surface area contributed by atoms with Gasteiger partial charge < -0.3 is 5.32 Å². The molecule has 1 atom stereocenters.